The highest BCUT2D eigenvalue weighted by atomic mass is 35.5. The van der Waals surface area contributed by atoms with Gasteiger partial charge >= 0.3 is 0 Å². The lowest BCUT2D eigenvalue weighted by Crippen LogP contribution is -2.41. The maximum atomic E-state index is 12.3. The highest BCUT2D eigenvalue weighted by Crippen LogP contribution is 2.21. The first-order chi connectivity index (χ1) is 8.97. The Kier molecular flexibility index (Phi) is 3.95. The Morgan fingerprint density at radius 2 is 1.84 bits per heavy atom. The molecule has 1 aliphatic rings. The molecule has 1 aliphatic heterocycles. The van der Waals surface area contributed by atoms with Gasteiger partial charge in [-0.15, -0.1) is 0 Å². The minimum Gasteiger partial charge on any atom is -0.399 e. The predicted octanol–water partition coefficient (Wildman–Crippen LogP) is 1.26. The van der Waals surface area contributed by atoms with Crippen molar-refractivity contribution >= 4 is 29.1 Å². The van der Waals surface area contributed by atoms with Gasteiger partial charge in [0.2, 0.25) is 5.91 Å². The molecule has 5 nitrogen and oxygen atoms in total. The van der Waals surface area contributed by atoms with Gasteiger partial charge in [-0.05, 0) is 31.0 Å². The molecule has 4 N–H and O–H groups in total. The zero-order chi connectivity index (χ0) is 14.0. The molecule has 1 saturated heterocycles. The quantitative estimate of drug-likeness (QED) is 0.800. The van der Waals surface area contributed by atoms with Crippen LogP contribution in [0.5, 0.6) is 0 Å². The molecule has 1 heterocycles. The van der Waals surface area contributed by atoms with E-state index in [9.17, 15) is 9.59 Å². The Hall–Kier alpha value is -1.75. The monoisotopic (exact) mass is 281 g/mol. The number of hydrogen-bond donors (Lipinski definition) is 2. The van der Waals surface area contributed by atoms with E-state index in [0.717, 1.165) is 0 Å². The van der Waals surface area contributed by atoms with Gasteiger partial charge in [-0.1, -0.05) is 11.6 Å². The Balaban J connectivity index is 2.07. The molecule has 0 bridgehead atoms. The molecule has 0 unspecified atom stereocenters. The van der Waals surface area contributed by atoms with Crippen molar-refractivity contribution in [2.45, 2.75) is 12.8 Å². The smallest absolute Gasteiger partial charge is 0.253 e. The molecule has 0 aromatic heterocycles. The van der Waals surface area contributed by atoms with Crippen LogP contribution in [0.2, 0.25) is 5.02 Å². The van der Waals surface area contributed by atoms with E-state index >= 15 is 0 Å². The van der Waals surface area contributed by atoms with Crippen LogP contribution in [0.25, 0.3) is 0 Å². The second-order valence-corrected chi connectivity index (χ2v) is 5.18. The van der Waals surface area contributed by atoms with E-state index in [0.29, 0.717) is 42.2 Å². The highest BCUT2D eigenvalue weighted by molar-refractivity contribution is 6.31. The second kappa shape index (κ2) is 5.48. The van der Waals surface area contributed by atoms with Crippen molar-refractivity contribution in [2.24, 2.45) is 11.7 Å². The number of primary amides is 1. The minimum atomic E-state index is -0.293. The number of nitrogens with two attached hydrogens (primary N) is 2. The summed E-state index contributed by atoms with van der Waals surface area (Å²) in [5.74, 6) is -0.537. The number of rotatable bonds is 2. The van der Waals surface area contributed by atoms with Gasteiger partial charge in [0, 0.05) is 35.3 Å². The molecule has 102 valence electrons. The van der Waals surface area contributed by atoms with Gasteiger partial charge in [-0.2, -0.15) is 0 Å². The molecule has 1 aromatic rings. The highest BCUT2D eigenvalue weighted by Gasteiger charge is 2.26. The van der Waals surface area contributed by atoms with E-state index in [1.54, 1.807) is 23.1 Å². The Labute approximate surface area is 116 Å². The fourth-order valence-electron chi connectivity index (χ4n) is 2.29. The predicted molar refractivity (Wildman–Crippen MR) is 73.7 cm³/mol. The van der Waals surface area contributed by atoms with Gasteiger partial charge in [0.15, 0.2) is 0 Å². The summed E-state index contributed by atoms with van der Waals surface area (Å²) in [6.45, 7) is 1.05. The van der Waals surface area contributed by atoms with Crippen molar-refractivity contribution in [2.75, 3.05) is 18.8 Å². The number of nitrogens with zero attached hydrogens (tertiary/aromatic N) is 1. The molecular weight excluding hydrogens is 266 g/mol. The van der Waals surface area contributed by atoms with E-state index in [-0.39, 0.29) is 17.7 Å². The number of nitrogen functional groups attached to an aromatic ring is 1. The number of halogens is 1. The van der Waals surface area contributed by atoms with Crippen LogP contribution in [0.15, 0.2) is 18.2 Å². The van der Waals surface area contributed by atoms with Crippen LogP contribution in [0.3, 0.4) is 0 Å². The van der Waals surface area contributed by atoms with Crippen LogP contribution >= 0.6 is 11.6 Å². The average molecular weight is 282 g/mol. The Morgan fingerprint density at radius 3 is 2.37 bits per heavy atom. The SMILES string of the molecule is NC(=O)C1CCN(C(=O)c2cc(N)cc(Cl)c2)CC1. The maximum Gasteiger partial charge on any atom is 0.253 e. The average Bonchev–Trinajstić information content (AvgIpc) is 2.37. The third-order valence-corrected chi connectivity index (χ3v) is 3.57. The summed E-state index contributed by atoms with van der Waals surface area (Å²) in [7, 11) is 0. The fourth-order valence-corrected chi connectivity index (χ4v) is 2.53. The van der Waals surface area contributed by atoms with Crippen LogP contribution in [-0.4, -0.2) is 29.8 Å². The van der Waals surface area contributed by atoms with Crippen molar-refractivity contribution in [3.8, 4) is 0 Å². The third-order valence-electron chi connectivity index (χ3n) is 3.35. The number of anilines is 1. The van der Waals surface area contributed by atoms with Gasteiger partial charge < -0.3 is 16.4 Å². The first-order valence-corrected chi connectivity index (χ1v) is 6.50. The molecule has 0 radical (unpaired) electrons. The molecule has 1 fully saturated rings. The Bertz CT molecular complexity index is 490. The summed E-state index contributed by atoms with van der Waals surface area (Å²) in [4.78, 5) is 25.1. The van der Waals surface area contributed by atoms with Crippen molar-refractivity contribution in [3.63, 3.8) is 0 Å². The number of hydrogen-bond acceptors (Lipinski definition) is 3. The zero-order valence-corrected chi connectivity index (χ0v) is 11.2. The summed E-state index contributed by atoms with van der Waals surface area (Å²) in [5.41, 5.74) is 11.9. The summed E-state index contributed by atoms with van der Waals surface area (Å²) in [5, 5.41) is 0.440. The molecule has 0 aliphatic carbocycles. The lowest BCUT2D eigenvalue weighted by Gasteiger charge is -2.30. The van der Waals surface area contributed by atoms with E-state index in [1.807, 2.05) is 0 Å². The van der Waals surface area contributed by atoms with Gasteiger partial charge in [-0.25, -0.2) is 0 Å². The van der Waals surface area contributed by atoms with Crippen molar-refractivity contribution in [1.82, 2.24) is 4.90 Å². The van der Waals surface area contributed by atoms with Crippen molar-refractivity contribution in [3.05, 3.63) is 28.8 Å². The zero-order valence-electron chi connectivity index (χ0n) is 10.4. The molecular formula is C13H16ClN3O2. The summed E-state index contributed by atoms with van der Waals surface area (Å²) < 4.78 is 0. The maximum absolute atomic E-state index is 12.3. The number of likely N-dealkylation sites (tertiary alicyclic amines) is 1. The van der Waals surface area contributed by atoms with E-state index in [4.69, 9.17) is 23.1 Å². The van der Waals surface area contributed by atoms with Crippen LogP contribution in [0, 0.1) is 5.92 Å². The normalized spacial score (nSPS) is 16.4. The second-order valence-electron chi connectivity index (χ2n) is 4.74. The van der Waals surface area contributed by atoms with Crippen molar-refractivity contribution in [1.29, 1.82) is 0 Å². The first-order valence-electron chi connectivity index (χ1n) is 6.12. The number of benzene rings is 1. The van der Waals surface area contributed by atoms with E-state index in [2.05, 4.69) is 0 Å². The van der Waals surface area contributed by atoms with Crippen LogP contribution in [0.4, 0.5) is 5.69 Å². The molecule has 1 aromatic carbocycles. The van der Waals surface area contributed by atoms with Crippen molar-refractivity contribution < 1.29 is 9.59 Å². The van der Waals surface area contributed by atoms with Crippen LogP contribution < -0.4 is 11.5 Å². The van der Waals surface area contributed by atoms with Gasteiger partial charge in [-0.3, -0.25) is 9.59 Å². The molecule has 2 rings (SSSR count). The largest absolute Gasteiger partial charge is 0.399 e. The third kappa shape index (κ3) is 3.17. The number of amides is 2. The summed E-state index contributed by atoms with van der Waals surface area (Å²) in [6, 6.07) is 4.80. The van der Waals surface area contributed by atoms with E-state index < -0.39 is 0 Å². The number of piperidine rings is 1. The molecule has 2 amide bonds. The first kappa shape index (κ1) is 13.7. The lowest BCUT2D eigenvalue weighted by atomic mass is 9.96. The van der Waals surface area contributed by atoms with Crippen LogP contribution in [-0.2, 0) is 4.79 Å². The molecule has 19 heavy (non-hydrogen) atoms. The van der Waals surface area contributed by atoms with Gasteiger partial charge in [0.05, 0.1) is 0 Å². The fraction of sp³-hybridized carbons (Fsp3) is 0.385. The van der Waals surface area contributed by atoms with Gasteiger partial charge in [0.25, 0.3) is 5.91 Å². The standard InChI is InChI=1S/C13H16ClN3O2/c14-10-5-9(6-11(15)7-10)13(19)17-3-1-8(2-4-17)12(16)18/h5-8H,1-4,15H2,(H2,16,18). The molecule has 0 saturated carbocycles. The van der Waals surface area contributed by atoms with E-state index in [1.165, 1.54) is 0 Å². The summed E-state index contributed by atoms with van der Waals surface area (Å²) in [6.07, 6.45) is 1.22. The number of carbonyl (C=O) groups excluding carboxylic acids is 2. The molecule has 6 heteroatoms. The number of carbonyl (C=O) groups is 2. The topological polar surface area (TPSA) is 89.4 Å². The minimum absolute atomic E-state index is 0.114. The summed E-state index contributed by atoms with van der Waals surface area (Å²) >= 11 is 5.89. The molecule has 0 spiro atoms. The molecule has 0 atom stereocenters. The Morgan fingerprint density at radius 1 is 1.21 bits per heavy atom. The lowest BCUT2D eigenvalue weighted by molar-refractivity contribution is -0.123. The van der Waals surface area contributed by atoms with Gasteiger partial charge in [0.1, 0.15) is 0 Å². The van der Waals surface area contributed by atoms with Crippen LogP contribution in [0.1, 0.15) is 23.2 Å².